The van der Waals surface area contributed by atoms with Crippen LogP contribution in [0.25, 0.3) is 0 Å². The molecule has 1 heterocycles. The third-order valence-corrected chi connectivity index (χ3v) is 4.90. The zero-order valence-corrected chi connectivity index (χ0v) is 10.9. The number of hydrogen-bond donors (Lipinski definition) is 2. The normalized spacial score (nSPS) is 27.2. The first-order chi connectivity index (χ1) is 7.62. The van der Waals surface area contributed by atoms with Gasteiger partial charge in [0.15, 0.2) is 0 Å². The highest BCUT2D eigenvalue weighted by atomic mass is 127. The van der Waals surface area contributed by atoms with Gasteiger partial charge in [0.1, 0.15) is 5.75 Å². The van der Waals surface area contributed by atoms with Crippen LogP contribution in [0.2, 0.25) is 0 Å². The summed E-state index contributed by atoms with van der Waals surface area (Å²) in [6.07, 6.45) is 3.42. The number of aromatic hydroxyl groups is 1. The van der Waals surface area contributed by atoms with Crippen molar-refractivity contribution in [2.75, 3.05) is 0 Å². The van der Waals surface area contributed by atoms with Crippen LogP contribution < -0.4 is 5.32 Å². The van der Waals surface area contributed by atoms with Crippen LogP contribution in [0, 0.1) is 3.57 Å². The quantitative estimate of drug-likeness (QED) is 0.716. The average molecular weight is 329 g/mol. The van der Waals surface area contributed by atoms with Crippen molar-refractivity contribution in [3.05, 3.63) is 26.8 Å². The van der Waals surface area contributed by atoms with E-state index in [2.05, 4.69) is 27.9 Å². The highest BCUT2D eigenvalue weighted by molar-refractivity contribution is 14.1. The predicted octanol–water partition coefficient (Wildman–Crippen LogP) is 2.05. The van der Waals surface area contributed by atoms with Crippen molar-refractivity contribution in [1.82, 2.24) is 5.32 Å². The van der Waals surface area contributed by atoms with Gasteiger partial charge in [0, 0.05) is 6.42 Å². The van der Waals surface area contributed by atoms with Crippen LogP contribution in [0.15, 0.2) is 12.1 Å². The maximum atomic E-state index is 11.4. The minimum absolute atomic E-state index is 0.139. The monoisotopic (exact) mass is 329 g/mol. The van der Waals surface area contributed by atoms with E-state index in [9.17, 15) is 9.90 Å². The fourth-order valence-electron chi connectivity index (χ4n) is 2.88. The van der Waals surface area contributed by atoms with Crippen molar-refractivity contribution < 1.29 is 9.90 Å². The molecule has 1 aromatic rings. The molecule has 0 saturated carbocycles. The first kappa shape index (κ1) is 10.4. The van der Waals surface area contributed by atoms with Gasteiger partial charge >= 0.3 is 0 Å². The molecule has 1 aromatic carbocycles. The van der Waals surface area contributed by atoms with E-state index in [-0.39, 0.29) is 11.4 Å². The van der Waals surface area contributed by atoms with Crippen LogP contribution in [0.1, 0.15) is 30.4 Å². The second-order valence-electron chi connectivity index (χ2n) is 4.56. The molecular formula is C12H12INO2. The smallest absolute Gasteiger partial charge is 0.220 e. The summed E-state index contributed by atoms with van der Waals surface area (Å²) < 4.78 is 0.938. The first-order valence-corrected chi connectivity index (χ1v) is 6.52. The number of carbonyl (C=O) groups excluding carboxylic acids is 1. The lowest BCUT2D eigenvalue weighted by Gasteiger charge is -2.24. The molecule has 2 N–H and O–H groups in total. The molecule has 0 radical (unpaired) electrons. The maximum absolute atomic E-state index is 11.4. The van der Waals surface area contributed by atoms with Gasteiger partial charge in [-0.05, 0) is 59.0 Å². The number of phenols is 1. The zero-order valence-electron chi connectivity index (χ0n) is 8.72. The molecule has 1 spiro atoms. The van der Waals surface area contributed by atoms with Crippen molar-refractivity contribution in [2.24, 2.45) is 0 Å². The minimum Gasteiger partial charge on any atom is -0.507 e. The lowest BCUT2D eigenvalue weighted by Crippen LogP contribution is -2.36. The number of carbonyl (C=O) groups is 1. The molecule has 0 bridgehead atoms. The number of hydrogen-bond acceptors (Lipinski definition) is 2. The molecule has 1 saturated heterocycles. The van der Waals surface area contributed by atoms with Gasteiger partial charge in [-0.25, -0.2) is 0 Å². The van der Waals surface area contributed by atoms with Gasteiger partial charge in [0.2, 0.25) is 5.91 Å². The number of halogens is 1. The van der Waals surface area contributed by atoms with Gasteiger partial charge in [0.05, 0.1) is 9.11 Å². The van der Waals surface area contributed by atoms with Gasteiger partial charge in [-0.2, -0.15) is 0 Å². The topological polar surface area (TPSA) is 49.3 Å². The number of benzene rings is 1. The van der Waals surface area contributed by atoms with E-state index in [0.717, 1.165) is 22.8 Å². The molecule has 2 aliphatic rings. The summed E-state index contributed by atoms with van der Waals surface area (Å²) in [5.41, 5.74) is 2.28. The molecule has 16 heavy (non-hydrogen) atoms. The Kier molecular flexibility index (Phi) is 2.18. The lowest BCUT2D eigenvalue weighted by molar-refractivity contribution is -0.119. The second kappa shape index (κ2) is 3.35. The van der Waals surface area contributed by atoms with Crippen molar-refractivity contribution in [1.29, 1.82) is 0 Å². The van der Waals surface area contributed by atoms with Crippen LogP contribution in [0.5, 0.6) is 5.75 Å². The van der Waals surface area contributed by atoms with E-state index < -0.39 is 0 Å². The van der Waals surface area contributed by atoms with Crippen molar-refractivity contribution in [2.45, 2.75) is 31.2 Å². The van der Waals surface area contributed by atoms with Gasteiger partial charge < -0.3 is 10.4 Å². The highest BCUT2D eigenvalue weighted by Crippen LogP contribution is 2.46. The standard InChI is InChI=1S/C12H12INO2/c13-11-7-3-5-12(6-4-10(16)14-12)8(7)1-2-9(11)15/h1-2,15H,3-6H2,(H,14,16). The van der Waals surface area contributed by atoms with Crippen LogP contribution >= 0.6 is 22.6 Å². The minimum atomic E-state index is -0.139. The largest absolute Gasteiger partial charge is 0.507 e. The summed E-state index contributed by atoms with van der Waals surface area (Å²) in [5, 5.41) is 12.8. The third kappa shape index (κ3) is 1.28. The van der Waals surface area contributed by atoms with Crippen LogP contribution in [-0.4, -0.2) is 11.0 Å². The van der Waals surface area contributed by atoms with E-state index in [4.69, 9.17) is 0 Å². The Bertz CT molecular complexity index is 486. The number of fused-ring (bicyclic) bond motifs is 2. The summed E-state index contributed by atoms with van der Waals surface area (Å²) in [6, 6.07) is 3.70. The van der Waals surface area contributed by atoms with Gasteiger partial charge in [0.25, 0.3) is 0 Å². The Morgan fingerprint density at radius 3 is 2.75 bits per heavy atom. The van der Waals surface area contributed by atoms with E-state index in [1.165, 1.54) is 11.1 Å². The number of amides is 1. The van der Waals surface area contributed by atoms with E-state index in [1.54, 1.807) is 6.07 Å². The number of phenolic OH excluding ortho intramolecular Hbond substituents is 1. The molecule has 1 aliphatic heterocycles. The molecule has 84 valence electrons. The van der Waals surface area contributed by atoms with Gasteiger partial charge in [-0.1, -0.05) is 6.07 Å². The van der Waals surface area contributed by atoms with Gasteiger partial charge in [-0.15, -0.1) is 0 Å². The maximum Gasteiger partial charge on any atom is 0.220 e. The SMILES string of the molecule is O=C1CCC2(CCc3c2ccc(O)c3I)N1. The summed E-state index contributed by atoms with van der Waals surface area (Å²) in [7, 11) is 0. The summed E-state index contributed by atoms with van der Waals surface area (Å²) in [5.74, 6) is 0.497. The van der Waals surface area contributed by atoms with E-state index in [0.29, 0.717) is 12.2 Å². The molecule has 0 aromatic heterocycles. The Labute approximate surface area is 107 Å². The van der Waals surface area contributed by atoms with Crippen LogP contribution in [-0.2, 0) is 16.8 Å². The third-order valence-electron chi connectivity index (χ3n) is 3.70. The predicted molar refractivity (Wildman–Crippen MR) is 68.2 cm³/mol. The molecule has 3 nitrogen and oxygen atoms in total. The zero-order chi connectivity index (χ0) is 11.3. The van der Waals surface area contributed by atoms with Crippen LogP contribution in [0.3, 0.4) is 0 Å². The number of nitrogens with one attached hydrogen (secondary N) is 1. The second-order valence-corrected chi connectivity index (χ2v) is 5.63. The molecule has 1 atom stereocenters. The summed E-state index contributed by atoms with van der Waals surface area (Å²) in [4.78, 5) is 11.4. The molecule has 1 unspecified atom stereocenters. The lowest BCUT2D eigenvalue weighted by atomic mass is 9.90. The van der Waals surface area contributed by atoms with Crippen LogP contribution in [0.4, 0.5) is 0 Å². The van der Waals surface area contributed by atoms with Crippen molar-refractivity contribution >= 4 is 28.5 Å². The van der Waals surface area contributed by atoms with E-state index in [1.807, 2.05) is 6.07 Å². The fourth-order valence-corrected chi connectivity index (χ4v) is 3.62. The molecule has 1 fully saturated rings. The summed E-state index contributed by atoms with van der Waals surface area (Å²) >= 11 is 2.18. The first-order valence-electron chi connectivity index (χ1n) is 5.44. The molecule has 4 heteroatoms. The molecule has 1 amide bonds. The van der Waals surface area contributed by atoms with E-state index >= 15 is 0 Å². The molecule has 1 aliphatic carbocycles. The average Bonchev–Trinajstić information content (AvgIpc) is 2.79. The highest BCUT2D eigenvalue weighted by Gasteiger charge is 2.44. The van der Waals surface area contributed by atoms with Gasteiger partial charge in [-0.3, -0.25) is 4.79 Å². The molecular weight excluding hydrogens is 317 g/mol. The summed E-state index contributed by atoms with van der Waals surface area (Å²) in [6.45, 7) is 0. The Hall–Kier alpha value is -0.780. The molecule has 3 rings (SSSR count). The number of rotatable bonds is 0. The Morgan fingerprint density at radius 1 is 1.31 bits per heavy atom. The fraction of sp³-hybridized carbons (Fsp3) is 0.417. The van der Waals surface area contributed by atoms with Crippen molar-refractivity contribution in [3.63, 3.8) is 0 Å². The van der Waals surface area contributed by atoms with Crippen molar-refractivity contribution in [3.8, 4) is 5.75 Å². The Balaban J connectivity index is 2.13. The Morgan fingerprint density at radius 2 is 2.06 bits per heavy atom.